The number of hydrogen-bond acceptors (Lipinski definition) is 3. The van der Waals surface area contributed by atoms with E-state index in [1.165, 1.54) is 0 Å². The average molecular weight is 215 g/mol. The standard InChI is InChI=1S/C10H15ClN2O/c1-6(2)7(3)14-10-5-9(11)12-8(4)13-10/h5-7H,1-4H3. The van der Waals surface area contributed by atoms with Gasteiger partial charge >= 0.3 is 0 Å². The van der Waals surface area contributed by atoms with Crippen LogP contribution in [0.4, 0.5) is 0 Å². The highest BCUT2D eigenvalue weighted by Crippen LogP contribution is 2.16. The Bertz CT molecular complexity index is 295. The van der Waals surface area contributed by atoms with Crippen molar-refractivity contribution in [1.82, 2.24) is 9.97 Å². The third kappa shape index (κ3) is 3.14. The molecule has 0 aliphatic rings. The van der Waals surface area contributed by atoms with Crippen LogP contribution in [0.2, 0.25) is 5.15 Å². The SMILES string of the molecule is Cc1nc(Cl)cc(OC(C)C(C)C)n1. The summed E-state index contributed by atoms with van der Waals surface area (Å²) in [5, 5.41) is 0.420. The van der Waals surface area contributed by atoms with Crippen molar-refractivity contribution in [2.24, 2.45) is 5.92 Å². The van der Waals surface area contributed by atoms with E-state index in [9.17, 15) is 0 Å². The molecule has 0 N–H and O–H groups in total. The molecule has 0 spiro atoms. The molecule has 1 rings (SSSR count). The Morgan fingerprint density at radius 2 is 1.93 bits per heavy atom. The van der Waals surface area contributed by atoms with Gasteiger partial charge in [-0.2, -0.15) is 4.98 Å². The summed E-state index contributed by atoms with van der Waals surface area (Å²) in [6, 6.07) is 1.63. The van der Waals surface area contributed by atoms with Crippen LogP contribution in [0.15, 0.2) is 6.07 Å². The summed E-state index contributed by atoms with van der Waals surface area (Å²) in [7, 11) is 0. The highest BCUT2D eigenvalue weighted by molar-refractivity contribution is 6.29. The number of rotatable bonds is 3. The van der Waals surface area contributed by atoms with Crippen LogP contribution in [0.5, 0.6) is 5.88 Å². The number of ether oxygens (including phenoxy) is 1. The normalized spacial score (nSPS) is 13.0. The minimum atomic E-state index is 0.125. The smallest absolute Gasteiger partial charge is 0.218 e. The molecule has 14 heavy (non-hydrogen) atoms. The molecule has 0 bridgehead atoms. The molecule has 3 nitrogen and oxygen atoms in total. The Balaban J connectivity index is 2.76. The monoisotopic (exact) mass is 214 g/mol. The summed E-state index contributed by atoms with van der Waals surface area (Å²) in [4.78, 5) is 8.10. The maximum absolute atomic E-state index is 5.78. The fourth-order valence-corrected chi connectivity index (χ4v) is 1.11. The number of aryl methyl sites for hydroxylation is 1. The molecule has 0 aromatic carbocycles. The second kappa shape index (κ2) is 4.60. The van der Waals surface area contributed by atoms with Crippen molar-refractivity contribution in [2.45, 2.75) is 33.8 Å². The summed E-state index contributed by atoms with van der Waals surface area (Å²) in [5.41, 5.74) is 0. The molecule has 0 saturated heterocycles. The number of aromatic nitrogens is 2. The van der Waals surface area contributed by atoms with Gasteiger partial charge < -0.3 is 4.74 Å². The quantitative estimate of drug-likeness (QED) is 0.726. The lowest BCUT2D eigenvalue weighted by atomic mass is 10.1. The Hall–Kier alpha value is -0.830. The molecule has 1 atom stereocenters. The highest BCUT2D eigenvalue weighted by atomic mass is 35.5. The third-order valence-electron chi connectivity index (χ3n) is 2.03. The van der Waals surface area contributed by atoms with Gasteiger partial charge in [-0.05, 0) is 19.8 Å². The first-order chi connectivity index (χ1) is 6.49. The molecule has 0 saturated carbocycles. The van der Waals surface area contributed by atoms with Gasteiger partial charge in [-0.15, -0.1) is 0 Å². The molecule has 0 radical (unpaired) electrons. The van der Waals surface area contributed by atoms with Crippen LogP contribution in [-0.4, -0.2) is 16.1 Å². The Morgan fingerprint density at radius 3 is 2.43 bits per heavy atom. The van der Waals surface area contributed by atoms with Crippen LogP contribution in [0.1, 0.15) is 26.6 Å². The van der Waals surface area contributed by atoms with Gasteiger partial charge in [0.05, 0.1) is 6.10 Å². The molecule has 0 amide bonds. The zero-order valence-corrected chi connectivity index (χ0v) is 9.67. The van der Waals surface area contributed by atoms with E-state index >= 15 is 0 Å². The predicted octanol–water partition coefficient (Wildman–Crippen LogP) is 2.86. The van der Waals surface area contributed by atoms with Crippen molar-refractivity contribution in [1.29, 1.82) is 0 Å². The lowest BCUT2D eigenvalue weighted by Crippen LogP contribution is -2.19. The predicted molar refractivity (Wildman–Crippen MR) is 56.7 cm³/mol. The Labute approximate surface area is 89.5 Å². The van der Waals surface area contributed by atoms with Gasteiger partial charge in [-0.1, -0.05) is 25.4 Å². The van der Waals surface area contributed by atoms with E-state index in [1.807, 2.05) is 6.92 Å². The third-order valence-corrected chi connectivity index (χ3v) is 2.22. The zero-order valence-electron chi connectivity index (χ0n) is 8.91. The minimum absolute atomic E-state index is 0.125. The molecule has 0 fully saturated rings. The van der Waals surface area contributed by atoms with Gasteiger partial charge in [-0.25, -0.2) is 4.98 Å². The van der Waals surface area contributed by atoms with Gasteiger partial charge in [0.2, 0.25) is 5.88 Å². The van der Waals surface area contributed by atoms with E-state index in [4.69, 9.17) is 16.3 Å². The molecule has 1 heterocycles. The highest BCUT2D eigenvalue weighted by Gasteiger charge is 2.10. The number of hydrogen-bond donors (Lipinski definition) is 0. The minimum Gasteiger partial charge on any atom is -0.474 e. The second-order valence-corrected chi connectivity index (χ2v) is 4.03. The van der Waals surface area contributed by atoms with Crippen LogP contribution < -0.4 is 4.74 Å². The lowest BCUT2D eigenvalue weighted by molar-refractivity contribution is 0.163. The Kier molecular flexibility index (Phi) is 3.69. The van der Waals surface area contributed by atoms with Gasteiger partial charge in [-0.3, -0.25) is 0 Å². The maximum atomic E-state index is 5.78. The first kappa shape index (κ1) is 11.2. The van der Waals surface area contributed by atoms with E-state index < -0.39 is 0 Å². The van der Waals surface area contributed by atoms with Gasteiger partial charge in [0.15, 0.2) is 0 Å². The molecule has 0 aliphatic heterocycles. The Morgan fingerprint density at radius 1 is 1.29 bits per heavy atom. The fourth-order valence-electron chi connectivity index (χ4n) is 0.892. The summed E-state index contributed by atoms with van der Waals surface area (Å²) in [5.74, 6) is 1.62. The number of halogens is 1. The van der Waals surface area contributed by atoms with Crippen molar-refractivity contribution in [3.8, 4) is 5.88 Å². The zero-order chi connectivity index (χ0) is 10.7. The van der Waals surface area contributed by atoms with Crippen LogP contribution in [0.25, 0.3) is 0 Å². The second-order valence-electron chi connectivity index (χ2n) is 3.64. The van der Waals surface area contributed by atoms with E-state index in [0.717, 1.165) is 0 Å². The fraction of sp³-hybridized carbons (Fsp3) is 0.600. The molecular formula is C10H15ClN2O. The first-order valence-electron chi connectivity index (χ1n) is 4.67. The average Bonchev–Trinajstić information content (AvgIpc) is 2.01. The topological polar surface area (TPSA) is 35.0 Å². The van der Waals surface area contributed by atoms with Crippen molar-refractivity contribution in [3.63, 3.8) is 0 Å². The molecule has 4 heteroatoms. The molecule has 1 unspecified atom stereocenters. The van der Waals surface area contributed by atoms with Crippen molar-refractivity contribution in [3.05, 3.63) is 17.0 Å². The van der Waals surface area contributed by atoms with Crippen LogP contribution in [0, 0.1) is 12.8 Å². The van der Waals surface area contributed by atoms with Crippen LogP contribution in [0.3, 0.4) is 0 Å². The number of nitrogens with zero attached hydrogens (tertiary/aromatic N) is 2. The summed E-state index contributed by atoms with van der Waals surface area (Å²) in [6.45, 7) is 8.00. The van der Waals surface area contributed by atoms with E-state index in [1.54, 1.807) is 13.0 Å². The van der Waals surface area contributed by atoms with E-state index in [2.05, 4.69) is 23.8 Å². The molecule has 78 valence electrons. The van der Waals surface area contributed by atoms with Gasteiger partial charge in [0.1, 0.15) is 11.0 Å². The molecule has 0 aliphatic carbocycles. The summed E-state index contributed by atoms with van der Waals surface area (Å²) < 4.78 is 5.60. The van der Waals surface area contributed by atoms with Gasteiger partial charge in [0, 0.05) is 6.07 Å². The first-order valence-corrected chi connectivity index (χ1v) is 5.04. The largest absolute Gasteiger partial charge is 0.474 e. The van der Waals surface area contributed by atoms with Crippen LogP contribution in [-0.2, 0) is 0 Å². The van der Waals surface area contributed by atoms with Gasteiger partial charge in [0.25, 0.3) is 0 Å². The molecular weight excluding hydrogens is 200 g/mol. The summed E-state index contributed by atoms with van der Waals surface area (Å²) >= 11 is 5.78. The molecule has 1 aromatic rings. The van der Waals surface area contributed by atoms with E-state index in [0.29, 0.717) is 22.8 Å². The lowest BCUT2D eigenvalue weighted by Gasteiger charge is -2.17. The maximum Gasteiger partial charge on any atom is 0.218 e. The molecule has 1 aromatic heterocycles. The summed E-state index contributed by atoms with van der Waals surface area (Å²) in [6.07, 6.45) is 0.125. The van der Waals surface area contributed by atoms with Crippen molar-refractivity contribution >= 4 is 11.6 Å². The van der Waals surface area contributed by atoms with Crippen molar-refractivity contribution in [2.75, 3.05) is 0 Å². The van der Waals surface area contributed by atoms with Crippen LogP contribution >= 0.6 is 11.6 Å². The van der Waals surface area contributed by atoms with E-state index in [-0.39, 0.29) is 6.10 Å². The van der Waals surface area contributed by atoms with Crippen molar-refractivity contribution < 1.29 is 4.74 Å².